The van der Waals surface area contributed by atoms with Gasteiger partial charge in [-0.25, -0.2) is 4.98 Å². The number of nitrogen functional groups attached to an aromatic ring is 1. The summed E-state index contributed by atoms with van der Waals surface area (Å²) in [5, 5.41) is 13.9. The van der Waals surface area contributed by atoms with Crippen molar-refractivity contribution in [1.82, 2.24) is 34.4 Å². The van der Waals surface area contributed by atoms with Crippen molar-refractivity contribution in [3.05, 3.63) is 47.9 Å². The summed E-state index contributed by atoms with van der Waals surface area (Å²) in [5.41, 5.74) is 11.3. The fourth-order valence-electron chi connectivity index (χ4n) is 5.02. The number of aryl methyl sites for hydroxylation is 1. The number of fused-ring (bicyclic) bond motifs is 1. The predicted molar refractivity (Wildman–Crippen MR) is 137 cm³/mol. The van der Waals surface area contributed by atoms with Crippen LogP contribution in [0.2, 0.25) is 0 Å². The quantitative estimate of drug-likeness (QED) is 0.316. The summed E-state index contributed by atoms with van der Waals surface area (Å²) in [6.45, 7) is 5.38. The van der Waals surface area contributed by atoms with Crippen LogP contribution in [-0.2, 0) is 11.2 Å². The number of H-pyrrole nitrogens is 1. The molecule has 0 unspecified atom stereocenters. The van der Waals surface area contributed by atoms with E-state index in [0.29, 0.717) is 41.7 Å². The number of aromatic nitrogens is 6. The summed E-state index contributed by atoms with van der Waals surface area (Å²) in [6.07, 6.45) is 8.05. The van der Waals surface area contributed by atoms with Crippen molar-refractivity contribution in [2.24, 2.45) is 0 Å². The monoisotopic (exact) mass is 506 g/mol. The molecule has 4 heterocycles. The first kappa shape index (κ1) is 24.8. The number of pyridine rings is 1. The molecule has 0 spiro atoms. The van der Waals surface area contributed by atoms with Gasteiger partial charge in [-0.2, -0.15) is 19.0 Å². The number of carbonyl (C=O) groups excluding carboxylic acids is 1. The Morgan fingerprint density at radius 2 is 2.05 bits per heavy atom. The number of aliphatic hydroxyl groups excluding tert-OH is 1. The van der Waals surface area contributed by atoms with Crippen LogP contribution in [0, 0.1) is 5.95 Å². The van der Waals surface area contributed by atoms with Gasteiger partial charge in [-0.15, -0.1) is 0 Å². The van der Waals surface area contributed by atoms with Crippen LogP contribution in [0.3, 0.4) is 0 Å². The molecule has 11 heteroatoms. The molecule has 0 aromatic carbocycles. The number of amides is 1. The molecule has 37 heavy (non-hydrogen) atoms. The van der Waals surface area contributed by atoms with E-state index in [4.69, 9.17) is 10.7 Å². The lowest BCUT2D eigenvalue weighted by molar-refractivity contribution is -0.138. The van der Waals surface area contributed by atoms with Gasteiger partial charge in [-0.1, -0.05) is 6.07 Å². The van der Waals surface area contributed by atoms with Gasteiger partial charge in [0.1, 0.15) is 18.1 Å². The van der Waals surface area contributed by atoms with Crippen molar-refractivity contribution >= 4 is 17.4 Å². The van der Waals surface area contributed by atoms with Crippen LogP contribution >= 0.6 is 0 Å². The van der Waals surface area contributed by atoms with Crippen LogP contribution in [0.5, 0.6) is 0 Å². The summed E-state index contributed by atoms with van der Waals surface area (Å²) < 4.78 is 15.0. The molecular weight excluding hydrogens is 475 g/mol. The van der Waals surface area contributed by atoms with Crippen LogP contribution in [0.15, 0.2) is 30.7 Å². The molecule has 1 fully saturated rings. The molecule has 1 amide bonds. The summed E-state index contributed by atoms with van der Waals surface area (Å²) in [6, 6.07) is 3.54. The van der Waals surface area contributed by atoms with Gasteiger partial charge < -0.3 is 20.7 Å². The van der Waals surface area contributed by atoms with Gasteiger partial charge in [-0.3, -0.25) is 9.78 Å². The summed E-state index contributed by atoms with van der Waals surface area (Å²) in [4.78, 5) is 30.0. The van der Waals surface area contributed by atoms with Crippen molar-refractivity contribution in [2.75, 3.05) is 12.3 Å². The molecule has 5 rings (SSSR count). The second kappa shape index (κ2) is 9.89. The normalized spacial score (nSPS) is 14.4. The molecule has 1 saturated carbocycles. The lowest BCUT2D eigenvalue weighted by atomic mass is 10.0. The molecule has 0 bridgehead atoms. The Bertz CT molecular complexity index is 1420. The number of aliphatic hydroxyl groups is 1. The topological polar surface area (TPSA) is 138 Å². The second-order valence-corrected chi connectivity index (χ2v) is 9.87. The molecule has 194 valence electrons. The van der Waals surface area contributed by atoms with E-state index in [0.717, 1.165) is 35.2 Å². The first-order valence-corrected chi connectivity index (χ1v) is 12.5. The van der Waals surface area contributed by atoms with E-state index in [2.05, 4.69) is 20.1 Å². The number of anilines is 1. The zero-order valence-corrected chi connectivity index (χ0v) is 21.1. The largest absolute Gasteiger partial charge is 0.387 e. The van der Waals surface area contributed by atoms with Crippen molar-refractivity contribution in [3.63, 3.8) is 0 Å². The maximum atomic E-state index is 13.3. The van der Waals surface area contributed by atoms with Crippen molar-refractivity contribution in [2.45, 2.75) is 64.5 Å². The molecule has 4 N–H and O–H groups in total. The van der Waals surface area contributed by atoms with Gasteiger partial charge in [0.05, 0.1) is 18.1 Å². The molecular formula is C26H31FN8O2. The third kappa shape index (κ3) is 4.78. The number of nitrogens with one attached hydrogen (secondary N) is 1. The van der Waals surface area contributed by atoms with E-state index in [1.807, 2.05) is 26.8 Å². The first-order valence-electron chi connectivity index (χ1n) is 12.5. The van der Waals surface area contributed by atoms with Crippen LogP contribution in [0.1, 0.15) is 57.2 Å². The van der Waals surface area contributed by atoms with Crippen LogP contribution < -0.4 is 5.73 Å². The highest BCUT2D eigenvalue weighted by Crippen LogP contribution is 2.45. The fraction of sp³-hybridized carbons (Fsp3) is 0.423. The molecule has 4 aromatic heterocycles. The lowest BCUT2D eigenvalue weighted by Crippen LogP contribution is -2.45. The highest BCUT2D eigenvalue weighted by Gasteiger charge is 2.32. The SMILES string of the molecule is CC(C)N(C(=O)CO)[C@H](C)CCc1nc2c(-c3ccc(-c4nc(F)c[nH]4)nc3)cnn2c(N)c1C1CC1. The van der Waals surface area contributed by atoms with Crippen LogP contribution in [-0.4, -0.2) is 64.2 Å². The summed E-state index contributed by atoms with van der Waals surface area (Å²) in [7, 11) is 0. The molecule has 0 radical (unpaired) electrons. The van der Waals surface area contributed by atoms with Gasteiger partial charge in [0.25, 0.3) is 0 Å². The number of aromatic amines is 1. The predicted octanol–water partition coefficient (Wildman–Crippen LogP) is 3.33. The van der Waals surface area contributed by atoms with Crippen molar-refractivity contribution in [1.29, 1.82) is 0 Å². The summed E-state index contributed by atoms with van der Waals surface area (Å²) >= 11 is 0. The van der Waals surface area contributed by atoms with Gasteiger partial charge in [-0.05, 0) is 58.4 Å². The average Bonchev–Trinajstić information content (AvgIpc) is 3.47. The van der Waals surface area contributed by atoms with Crippen molar-refractivity contribution < 1.29 is 14.3 Å². The molecule has 10 nitrogen and oxygen atoms in total. The molecule has 4 aromatic rings. The Kier molecular flexibility index (Phi) is 6.63. The van der Waals surface area contributed by atoms with E-state index in [-0.39, 0.29) is 18.0 Å². The van der Waals surface area contributed by atoms with Crippen LogP contribution in [0.25, 0.3) is 28.3 Å². The first-order chi connectivity index (χ1) is 17.8. The molecule has 0 aliphatic heterocycles. The number of halogens is 1. The third-order valence-corrected chi connectivity index (χ3v) is 6.90. The zero-order valence-electron chi connectivity index (χ0n) is 21.1. The standard InChI is InChI=1S/C26H31FN8O2/c1-14(2)34(22(37)13-36)15(3)4-8-19-23(16-5-6-16)24(28)35-26(32-19)18(11-31-35)17-7-9-20(29-10-17)25-30-12-21(27)33-25/h7,9-12,14-16,36H,4-6,8,13,28H2,1-3H3,(H,30,33)/t15-/m1/s1. The Hall–Kier alpha value is -3.86. The van der Waals surface area contributed by atoms with E-state index < -0.39 is 12.6 Å². The summed E-state index contributed by atoms with van der Waals surface area (Å²) in [5.74, 6) is 0.439. The van der Waals surface area contributed by atoms with Crippen molar-refractivity contribution in [3.8, 4) is 22.6 Å². The van der Waals surface area contributed by atoms with E-state index in [9.17, 15) is 14.3 Å². The maximum Gasteiger partial charge on any atom is 0.248 e. The van der Waals surface area contributed by atoms with Gasteiger partial charge >= 0.3 is 0 Å². The number of rotatable bonds is 9. The Morgan fingerprint density at radius 3 is 2.65 bits per heavy atom. The average molecular weight is 507 g/mol. The van der Waals surface area contributed by atoms with Crippen LogP contribution in [0.4, 0.5) is 10.2 Å². The number of imidazole rings is 1. The lowest BCUT2D eigenvalue weighted by Gasteiger charge is -2.32. The van der Waals surface area contributed by atoms with E-state index in [1.54, 1.807) is 27.9 Å². The zero-order chi connectivity index (χ0) is 26.3. The Labute approximate surface area is 213 Å². The van der Waals surface area contributed by atoms with Gasteiger partial charge in [0, 0.05) is 35.0 Å². The van der Waals surface area contributed by atoms with Gasteiger partial charge in [0.2, 0.25) is 11.9 Å². The minimum Gasteiger partial charge on any atom is -0.387 e. The minimum absolute atomic E-state index is 0.0207. The second-order valence-electron chi connectivity index (χ2n) is 9.87. The van der Waals surface area contributed by atoms with Gasteiger partial charge in [0.15, 0.2) is 11.5 Å². The third-order valence-electron chi connectivity index (χ3n) is 6.90. The molecule has 1 aliphatic rings. The highest BCUT2D eigenvalue weighted by molar-refractivity contribution is 5.79. The molecule has 0 saturated heterocycles. The highest BCUT2D eigenvalue weighted by atomic mass is 19.1. The maximum absolute atomic E-state index is 13.3. The molecule has 1 aliphatic carbocycles. The number of nitrogens with two attached hydrogens (primary N) is 1. The number of nitrogens with zero attached hydrogens (tertiary/aromatic N) is 6. The van der Waals surface area contributed by atoms with E-state index >= 15 is 0 Å². The minimum atomic E-state index is -0.589. The smallest absolute Gasteiger partial charge is 0.248 e. The number of hydrogen-bond acceptors (Lipinski definition) is 7. The Morgan fingerprint density at radius 1 is 1.27 bits per heavy atom. The molecule has 1 atom stereocenters. The Balaban J connectivity index is 1.47. The fourth-order valence-corrected chi connectivity index (χ4v) is 5.02. The number of carbonyl (C=O) groups is 1. The number of hydrogen-bond donors (Lipinski definition) is 3. The van der Waals surface area contributed by atoms with E-state index in [1.165, 1.54) is 6.20 Å².